The van der Waals surface area contributed by atoms with Crippen molar-refractivity contribution < 1.29 is 5.11 Å². The van der Waals surface area contributed by atoms with Crippen LogP contribution in [-0.4, -0.2) is 11.7 Å². The fraction of sp³-hybridized carbons (Fsp3) is 0.294. The molecule has 2 rings (SSSR count). The zero-order valence-corrected chi connectivity index (χ0v) is 11.3. The summed E-state index contributed by atoms with van der Waals surface area (Å²) in [4.78, 5) is 0. The molecule has 19 heavy (non-hydrogen) atoms. The van der Waals surface area contributed by atoms with Crippen molar-refractivity contribution in [3.8, 4) is 0 Å². The van der Waals surface area contributed by atoms with Gasteiger partial charge in [-0.15, -0.1) is 0 Å². The average molecular weight is 255 g/mol. The maximum atomic E-state index is 9.10. The van der Waals surface area contributed by atoms with Gasteiger partial charge in [-0.2, -0.15) is 0 Å². The van der Waals surface area contributed by atoms with Gasteiger partial charge in [-0.05, 0) is 22.6 Å². The van der Waals surface area contributed by atoms with E-state index in [2.05, 4.69) is 42.6 Å². The molecule has 0 saturated heterocycles. The van der Waals surface area contributed by atoms with Gasteiger partial charge >= 0.3 is 0 Å². The summed E-state index contributed by atoms with van der Waals surface area (Å²) in [5.74, 6) is 0.502. The highest BCUT2D eigenvalue weighted by Crippen LogP contribution is 2.13. The Hall–Kier alpha value is -1.64. The molecular weight excluding hydrogens is 234 g/mol. The molecule has 0 aromatic heterocycles. The Morgan fingerprint density at radius 3 is 2.47 bits per heavy atom. The third-order valence-electron chi connectivity index (χ3n) is 3.32. The lowest BCUT2D eigenvalue weighted by atomic mass is 10.0. The molecule has 100 valence electrons. The van der Waals surface area contributed by atoms with Crippen LogP contribution in [0.3, 0.4) is 0 Å². The van der Waals surface area contributed by atoms with Crippen molar-refractivity contribution >= 4 is 0 Å². The third-order valence-corrected chi connectivity index (χ3v) is 3.32. The Morgan fingerprint density at radius 2 is 1.74 bits per heavy atom. The van der Waals surface area contributed by atoms with Gasteiger partial charge in [-0.25, -0.2) is 0 Å². The zero-order chi connectivity index (χ0) is 13.5. The molecule has 0 aliphatic heterocycles. The standard InChI is InChI=1S/C17H21NO/c1-14(17-8-3-2-4-9-17)11-18-12-15-6-5-7-16(10-15)13-19/h2-10,14,18-19H,11-13H2,1H3. The highest BCUT2D eigenvalue weighted by Gasteiger charge is 2.04. The lowest BCUT2D eigenvalue weighted by molar-refractivity contribution is 0.281. The predicted octanol–water partition coefficient (Wildman–Crippen LogP) is 3.07. The number of hydrogen-bond donors (Lipinski definition) is 2. The van der Waals surface area contributed by atoms with Crippen LogP contribution in [0.2, 0.25) is 0 Å². The van der Waals surface area contributed by atoms with Crippen LogP contribution >= 0.6 is 0 Å². The SMILES string of the molecule is CC(CNCc1cccc(CO)c1)c1ccccc1. The van der Waals surface area contributed by atoms with Crippen LogP contribution in [0.25, 0.3) is 0 Å². The fourth-order valence-corrected chi connectivity index (χ4v) is 2.17. The van der Waals surface area contributed by atoms with E-state index < -0.39 is 0 Å². The van der Waals surface area contributed by atoms with E-state index in [-0.39, 0.29) is 6.61 Å². The zero-order valence-electron chi connectivity index (χ0n) is 11.3. The van der Waals surface area contributed by atoms with Crippen LogP contribution < -0.4 is 5.32 Å². The molecule has 2 aromatic carbocycles. The number of nitrogens with one attached hydrogen (secondary N) is 1. The van der Waals surface area contributed by atoms with Crippen molar-refractivity contribution in [2.75, 3.05) is 6.54 Å². The Labute approximate surface area is 115 Å². The second kappa shape index (κ2) is 7.07. The van der Waals surface area contributed by atoms with Crippen molar-refractivity contribution in [3.63, 3.8) is 0 Å². The van der Waals surface area contributed by atoms with Gasteiger partial charge < -0.3 is 10.4 Å². The summed E-state index contributed by atoms with van der Waals surface area (Å²) in [5, 5.41) is 12.6. The summed E-state index contributed by atoms with van der Waals surface area (Å²) in [6.45, 7) is 4.12. The molecular formula is C17H21NO. The summed E-state index contributed by atoms with van der Waals surface area (Å²) < 4.78 is 0. The molecule has 2 N–H and O–H groups in total. The molecule has 0 spiro atoms. The molecule has 1 atom stereocenters. The predicted molar refractivity (Wildman–Crippen MR) is 78.9 cm³/mol. The first-order valence-electron chi connectivity index (χ1n) is 6.74. The maximum absolute atomic E-state index is 9.10. The first kappa shape index (κ1) is 13.8. The largest absolute Gasteiger partial charge is 0.392 e. The van der Waals surface area contributed by atoms with E-state index in [4.69, 9.17) is 5.11 Å². The summed E-state index contributed by atoms with van der Waals surface area (Å²) >= 11 is 0. The van der Waals surface area contributed by atoms with Crippen LogP contribution in [0, 0.1) is 0 Å². The average Bonchev–Trinajstić information content (AvgIpc) is 2.48. The van der Waals surface area contributed by atoms with Crippen LogP contribution in [0.4, 0.5) is 0 Å². The number of aliphatic hydroxyl groups is 1. The highest BCUT2D eigenvalue weighted by molar-refractivity contribution is 5.23. The van der Waals surface area contributed by atoms with E-state index in [0.717, 1.165) is 18.7 Å². The van der Waals surface area contributed by atoms with E-state index in [1.54, 1.807) is 0 Å². The monoisotopic (exact) mass is 255 g/mol. The first-order chi connectivity index (χ1) is 9.29. The van der Waals surface area contributed by atoms with Crippen LogP contribution in [0.15, 0.2) is 54.6 Å². The van der Waals surface area contributed by atoms with E-state index in [1.165, 1.54) is 11.1 Å². The number of benzene rings is 2. The molecule has 0 amide bonds. The van der Waals surface area contributed by atoms with E-state index in [1.807, 2.05) is 24.3 Å². The molecule has 1 unspecified atom stereocenters. The fourth-order valence-electron chi connectivity index (χ4n) is 2.17. The second-order valence-corrected chi connectivity index (χ2v) is 4.92. The summed E-state index contributed by atoms with van der Waals surface area (Å²) in [5.41, 5.74) is 3.54. The smallest absolute Gasteiger partial charge is 0.0681 e. The maximum Gasteiger partial charge on any atom is 0.0681 e. The van der Waals surface area contributed by atoms with Crippen LogP contribution in [0.5, 0.6) is 0 Å². The Balaban J connectivity index is 1.83. The molecule has 0 heterocycles. The van der Waals surface area contributed by atoms with Crippen LogP contribution in [0.1, 0.15) is 29.5 Å². The van der Waals surface area contributed by atoms with Gasteiger partial charge in [0.15, 0.2) is 0 Å². The number of hydrogen-bond acceptors (Lipinski definition) is 2. The molecule has 0 aliphatic carbocycles. The van der Waals surface area contributed by atoms with Crippen molar-refractivity contribution in [1.82, 2.24) is 5.32 Å². The Morgan fingerprint density at radius 1 is 1.00 bits per heavy atom. The van der Waals surface area contributed by atoms with Gasteiger partial charge in [0.05, 0.1) is 6.61 Å². The van der Waals surface area contributed by atoms with Crippen molar-refractivity contribution in [2.45, 2.75) is 26.0 Å². The normalized spacial score (nSPS) is 12.3. The number of aliphatic hydroxyl groups excluding tert-OH is 1. The Bertz CT molecular complexity index is 496. The van der Waals surface area contributed by atoms with Crippen molar-refractivity contribution in [3.05, 3.63) is 71.3 Å². The van der Waals surface area contributed by atoms with Gasteiger partial charge in [0, 0.05) is 13.1 Å². The van der Waals surface area contributed by atoms with E-state index in [0.29, 0.717) is 5.92 Å². The lowest BCUT2D eigenvalue weighted by Crippen LogP contribution is -2.19. The van der Waals surface area contributed by atoms with E-state index >= 15 is 0 Å². The minimum Gasteiger partial charge on any atom is -0.392 e. The minimum atomic E-state index is 0.105. The topological polar surface area (TPSA) is 32.3 Å². The van der Waals surface area contributed by atoms with E-state index in [9.17, 15) is 0 Å². The summed E-state index contributed by atoms with van der Waals surface area (Å²) in [6, 6.07) is 18.6. The van der Waals surface area contributed by atoms with Gasteiger partial charge in [-0.1, -0.05) is 61.5 Å². The Kier molecular flexibility index (Phi) is 5.13. The van der Waals surface area contributed by atoms with Gasteiger partial charge in [0.2, 0.25) is 0 Å². The quantitative estimate of drug-likeness (QED) is 0.831. The van der Waals surface area contributed by atoms with Gasteiger partial charge in [-0.3, -0.25) is 0 Å². The lowest BCUT2D eigenvalue weighted by Gasteiger charge is -2.13. The molecule has 2 nitrogen and oxygen atoms in total. The van der Waals surface area contributed by atoms with Crippen LogP contribution in [-0.2, 0) is 13.2 Å². The van der Waals surface area contributed by atoms with Gasteiger partial charge in [0.25, 0.3) is 0 Å². The highest BCUT2D eigenvalue weighted by atomic mass is 16.3. The summed E-state index contributed by atoms with van der Waals surface area (Å²) in [7, 11) is 0. The van der Waals surface area contributed by atoms with Crippen molar-refractivity contribution in [2.24, 2.45) is 0 Å². The van der Waals surface area contributed by atoms with Gasteiger partial charge in [0.1, 0.15) is 0 Å². The molecule has 0 saturated carbocycles. The second-order valence-electron chi connectivity index (χ2n) is 4.92. The third kappa shape index (κ3) is 4.19. The molecule has 0 aliphatic rings. The number of rotatable bonds is 6. The minimum absolute atomic E-state index is 0.105. The molecule has 2 heteroatoms. The molecule has 0 bridgehead atoms. The first-order valence-corrected chi connectivity index (χ1v) is 6.74. The summed E-state index contributed by atoms with van der Waals surface area (Å²) in [6.07, 6.45) is 0. The van der Waals surface area contributed by atoms with Crippen molar-refractivity contribution in [1.29, 1.82) is 0 Å². The molecule has 0 fully saturated rings. The molecule has 0 radical (unpaired) electrons. The molecule has 2 aromatic rings.